The predicted molar refractivity (Wildman–Crippen MR) is 123 cm³/mol. The van der Waals surface area contributed by atoms with E-state index in [1.54, 1.807) is 48.5 Å². The molecule has 32 heavy (non-hydrogen) atoms. The van der Waals surface area contributed by atoms with Gasteiger partial charge in [0.2, 0.25) is 0 Å². The van der Waals surface area contributed by atoms with Gasteiger partial charge in [-0.1, -0.05) is 30.3 Å². The summed E-state index contributed by atoms with van der Waals surface area (Å²) in [7, 11) is 0. The Kier molecular flexibility index (Phi) is 5.73. The molecule has 1 heterocycles. The molecule has 0 aromatic heterocycles. The fraction of sp³-hybridized carbons (Fsp3) is 0.115. The van der Waals surface area contributed by atoms with Crippen LogP contribution in [-0.4, -0.2) is 17.9 Å². The highest BCUT2D eigenvalue weighted by Gasteiger charge is 2.40. The first kappa shape index (κ1) is 20.9. The Morgan fingerprint density at radius 2 is 1.53 bits per heavy atom. The summed E-state index contributed by atoms with van der Waals surface area (Å²) in [4.78, 5) is 27.9. The number of hydrogen-bond acceptors (Lipinski definition) is 5. The molecule has 0 fully saturated rings. The fourth-order valence-corrected chi connectivity index (χ4v) is 3.47. The van der Waals surface area contributed by atoms with Gasteiger partial charge in [0.05, 0.1) is 29.0 Å². The number of amides is 2. The molecule has 0 bridgehead atoms. The first-order valence-electron chi connectivity index (χ1n) is 10.2. The zero-order valence-corrected chi connectivity index (χ0v) is 17.7. The number of nitrogens with one attached hydrogen (secondary N) is 1. The van der Waals surface area contributed by atoms with Gasteiger partial charge in [-0.3, -0.25) is 9.59 Å². The number of anilines is 2. The molecule has 0 saturated carbocycles. The van der Waals surface area contributed by atoms with E-state index in [2.05, 4.69) is 5.32 Å². The Balaban J connectivity index is 1.76. The summed E-state index contributed by atoms with van der Waals surface area (Å²) in [5.74, 6) is -0.209. The number of ether oxygens (including phenoxy) is 1. The van der Waals surface area contributed by atoms with Crippen LogP contribution in [0.25, 0.3) is 5.57 Å². The molecule has 0 radical (unpaired) electrons. The molecule has 6 heteroatoms. The maximum Gasteiger partial charge on any atom is 0.282 e. The minimum absolute atomic E-state index is 0.0249. The number of carbonyl (C=O) groups is 2. The van der Waals surface area contributed by atoms with E-state index in [0.717, 1.165) is 4.90 Å². The summed E-state index contributed by atoms with van der Waals surface area (Å²) < 4.78 is 5.69. The molecule has 1 aliphatic heterocycles. The van der Waals surface area contributed by atoms with Gasteiger partial charge in [-0.05, 0) is 67.9 Å². The van der Waals surface area contributed by atoms with Crippen molar-refractivity contribution in [3.8, 4) is 11.8 Å². The summed E-state index contributed by atoms with van der Waals surface area (Å²) in [6.07, 6.45) is 0.0249. The molecule has 158 valence electrons. The number of para-hydroxylation sites is 1. The maximum atomic E-state index is 13.4. The first-order valence-corrected chi connectivity index (χ1v) is 10.2. The Bertz CT molecular complexity index is 1220. The second kappa shape index (κ2) is 8.78. The van der Waals surface area contributed by atoms with E-state index in [1.807, 2.05) is 50.2 Å². The largest absolute Gasteiger partial charge is 0.491 e. The Labute approximate surface area is 186 Å². The SMILES string of the molecule is CC(C)Oc1ccc(C2=C(Nc3ccccc3)C(=O)N(c3ccc(C#N)cc3)C2=O)cc1. The molecule has 3 aromatic rings. The summed E-state index contributed by atoms with van der Waals surface area (Å²) in [5.41, 5.74) is 2.63. The predicted octanol–water partition coefficient (Wildman–Crippen LogP) is 4.74. The zero-order chi connectivity index (χ0) is 22.7. The van der Waals surface area contributed by atoms with Gasteiger partial charge in [-0.25, -0.2) is 4.90 Å². The number of nitrogens with zero attached hydrogens (tertiary/aromatic N) is 2. The molecular formula is C26H21N3O3. The molecule has 2 amide bonds. The van der Waals surface area contributed by atoms with Crippen molar-refractivity contribution >= 4 is 28.8 Å². The van der Waals surface area contributed by atoms with Crippen LogP contribution in [0, 0.1) is 11.3 Å². The van der Waals surface area contributed by atoms with Crippen molar-refractivity contribution < 1.29 is 14.3 Å². The van der Waals surface area contributed by atoms with Crippen molar-refractivity contribution in [3.63, 3.8) is 0 Å². The van der Waals surface area contributed by atoms with Crippen LogP contribution in [0.5, 0.6) is 5.75 Å². The number of rotatable bonds is 6. The highest BCUT2D eigenvalue weighted by atomic mass is 16.5. The molecule has 0 unspecified atom stereocenters. The van der Waals surface area contributed by atoms with Gasteiger partial charge < -0.3 is 10.1 Å². The van der Waals surface area contributed by atoms with Crippen molar-refractivity contribution in [2.75, 3.05) is 10.2 Å². The smallest absolute Gasteiger partial charge is 0.282 e. The minimum atomic E-state index is -0.457. The van der Waals surface area contributed by atoms with E-state index in [0.29, 0.717) is 28.3 Å². The van der Waals surface area contributed by atoms with Gasteiger partial charge >= 0.3 is 0 Å². The van der Waals surface area contributed by atoms with Crippen molar-refractivity contribution in [1.29, 1.82) is 5.26 Å². The Hall–Kier alpha value is -4.37. The number of imide groups is 1. The number of carbonyl (C=O) groups excluding carboxylic acids is 2. The van der Waals surface area contributed by atoms with Crippen LogP contribution in [0.15, 0.2) is 84.6 Å². The molecule has 0 spiro atoms. The average Bonchev–Trinajstić information content (AvgIpc) is 3.04. The van der Waals surface area contributed by atoms with E-state index in [4.69, 9.17) is 10.00 Å². The maximum absolute atomic E-state index is 13.4. The van der Waals surface area contributed by atoms with Gasteiger partial charge in [0, 0.05) is 5.69 Å². The molecule has 0 saturated heterocycles. The van der Waals surface area contributed by atoms with E-state index >= 15 is 0 Å². The lowest BCUT2D eigenvalue weighted by molar-refractivity contribution is -0.120. The van der Waals surface area contributed by atoms with Gasteiger partial charge in [0.15, 0.2) is 0 Å². The van der Waals surface area contributed by atoms with Gasteiger partial charge in [0.1, 0.15) is 11.4 Å². The molecule has 0 aliphatic carbocycles. The normalized spacial score (nSPS) is 13.5. The minimum Gasteiger partial charge on any atom is -0.491 e. The molecule has 6 nitrogen and oxygen atoms in total. The van der Waals surface area contributed by atoms with Gasteiger partial charge in [0.25, 0.3) is 11.8 Å². The monoisotopic (exact) mass is 423 g/mol. The van der Waals surface area contributed by atoms with Crippen molar-refractivity contribution in [2.45, 2.75) is 20.0 Å². The van der Waals surface area contributed by atoms with Crippen LogP contribution >= 0.6 is 0 Å². The molecule has 1 aliphatic rings. The number of hydrogen-bond donors (Lipinski definition) is 1. The fourth-order valence-electron chi connectivity index (χ4n) is 3.47. The van der Waals surface area contributed by atoms with E-state index in [9.17, 15) is 9.59 Å². The highest BCUT2D eigenvalue weighted by Crippen LogP contribution is 2.34. The molecule has 4 rings (SSSR count). The topological polar surface area (TPSA) is 82.4 Å². The lowest BCUT2D eigenvalue weighted by Gasteiger charge is -2.15. The second-order valence-corrected chi connectivity index (χ2v) is 7.54. The molecular weight excluding hydrogens is 402 g/mol. The summed E-state index contributed by atoms with van der Waals surface area (Å²) in [5, 5.41) is 12.2. The van der Waals surface area contributed by atoms with Crippen LogP contribution in [0.2, 0.25) is 0 Å². The van der Waals surface area contributed by atoms with Crippen LogP contribution in [0.4, 0.5) is 11.4 Å². The molecule has 0 atom stereocenters. The third-order valence-corrected chi connectivity index (χ3v) is 4.90. The van der Waals surface area contributed by atoms with E-state index < -0.39 is 11.8 Å². The lowest BCUT2D eigenvalue weighted by Crippen LogP contribution is -2.32. The molecule has 1 N–H and O–H groups in total. The first-order chi connectivity index (χ1) is 15.5. The van der Waals surface area contributed by atoms with E-state index in [1.165, 1.54) is 0 Å². The van der Waals surface area contributed by atoms with Crippen molar-refractivity contribution in [3.05, 3.63) is 95.7 Å². The van der Waals surface area contributed by atoms with Crippen LogP contribution in [0.3, 0.4) is 0 Å². The standard InChI is InChI=1S/C26H21N3O3/c1-17(2)32-22-14-10-19(11-15-22)23-24(28-20-6-4-3-5-7-20)26(31)29(25(23)30)21-12-8-18(16-27)9-13-21/h3-15,17,28H,1-2H3. The average molecular weight is 423 g/mol. The summed E-state index contributed by atoms with van der Waals surface area (Å²) in [6.45, 7) is 3.87. The third kappa shape index (κ3) is 4.09. The second-order valence-electron chi connectivity index (χ2n) is 7.54. The number of nitriles is 1. The summed E-state index contributed by atoms with van der Waals surface area (Å²) >= 11 is 0. The Morgan fingerprint density at radius 1 is 0.875 bits per heavy atom. The quantitative estimate of drug-likeness (QED) is 0.579. The number of benzene rings is 3. The van der Waals surface area contributed by atoms with Crippen LogP contribution in [-0.2, 0) is 9.59 Å². The van der Waals surface area contributed by atoms with Crippen LogP contribution < -0.4 is 15.0 Å². The van der Waals surface area contributed by atoms with Crippen molar-refractivity contribution in [1.82, 2.24) is 0 Å². The lowest BCUT2D eigenvalue weighted by atomic mass is 10.0. The van der Waals surface area contributed by atoms with Gasteiger partial charge in [-0.15, -0.1) is 0 Å². The third-order valence-electron chi connectivity index (χ3n) is 4.90. The van der Waals surface area contributed by atoms with Crippen molar-refractivity contribution in [2.24, 2.45) is 0 Å². The molecule has 3 aromatic carbocycles. The van der Waals surface area contributed by atoms with Crippen LogP contribution in [0.1, 0.15) is 25.0 Å². The Morgan fingerprint density at radius 3 is 2.12 bits per heavy atom. The zero-order valence-electron chi connectivity index (χ0n) is 17.7. The highest BCUT2D eigenvalue weighted by molar-refractivity contribution is 6.46. The van der Waals surface area contributed by atoms with Gasteiger partial charge in [-0.2, -0.15) is 5.26 Å². The van der Waals surface area contributed by atoms with E-state index in [-0.39, 0.29) is 17.4 Å². The summed E-state index contributed by atoms with van der Waals surface area (Å²) in [6, 6.07) is 24.7.